The van der Waals surface area contributed by atoms with E-state index in [1.807, 2.05) is 0 Å². The summed E-state index contributed by atoms with van der Waals surface area (Å²) in [6, 6.07) is 4.24. The minimum absolute atomic E-state index is 0.0873. The van der Waals surface area contributed by atoms with E-state index in [9.17, 15) is 13.2 Å². The second-order valence-corrected chi connectivity index (χ2v) is 9.30. The van der Waals surface area contributed by atoms with Gasteiger partial charge in [-0.1, -0.05) is 35.7 Å². The lowest BCUT2D eigenvalue weighted by atomic mass is 9.89. The third-order valence-electron chi connectivity index (χ3n) is 3.90. The Morgan fingerprint density at radius 2 is 1.95 bits per heavy atom. The van der Waals surface area contributed by atoms with Gasteiger partial charge in [-0.05, 0) is 36.5 Å². The largest absolute Gasteiger partial charge is 0.351 e. The smallest absolute Gasteiger partial charge is 0.261 e. The predicted octanol–water partition coefficient (Wildman–Crippen LogP) is 3.69. The SMILES string of the molecule is CC1(CNC(=O)c2cc(Br)cc(S(=O)(=O)Cl)c2)CCCC1. The monoisotopic (exact) mass is 393 g/mol. The second kappa shape index (κ2) is 6.26. The molecule has 0 spiro atoms. The summed E-state index contributed by atoms with van der Waals surface area (Å²) in [7, 11) is 1.47. The highest BCUT2D eigenvalue weighted by atomic mass is 79.9. The minimum Gasteiger partial charge on any atom is -0.351 e. The zero-order valence-electron chi connectivity index (χ0n) is 11.7. The van der Waals surface area contributed by atoms with Gasteiger partial charge in [0.25, 0.3) is 15.0 Å². The third kappa shape index (κ3) is 4.44. The van der Waals surface area contributed by atoms with Crippen LogP contribution in [0.3, 0.4) is 0 Å². The first kappa shape index (κ1) is 16.8. The molecule has 1 aliphatic rings. The molecule has 0 aromatic heterocycles. The summed E-state index contributed by atoms with van der Waals surface area (Å²) in [6.07, 6.45) is 4.59. The number of hydrogen-bond acceptors (Lipinski definition) is 3. The van der Waals surface area contributed by atoms with Crippen LogP contribution in [0.25, 0.3) is 0 Å². The van der Waals surface area contributed by atoms with Gasteiger partial charge in [-0.2, -0.15) is 0 Å². The molecular formula is C14H17BrClNO3S. The molecule has 0 heterocycles. The number of hydrogen-bond donors (Lipinski definition) is 1. The van der Waals surface area contributed by atoms with Crippen LogP contribution in [0.4, 0.5) is 0 Å². The quantitative estimate of drug-likeness (QED) is 0.792. The maximum atomic E-state index is 12.2. The molecule has 1 aromatic carbocycles. The van der Waals surface area contributed by atoms with Crippen molar-refractivity contribution in [1.29, 1.82) is 0 Å². The van der Waals surface area contributed by atoms with Gasteiger partial charge in [0.05, 0.1) is 4.90 Å². The van der Waals surface area contributed by atoms with Crippen molar-refractivity contribution in [2.45, 2.75) is 37.5 Å². The van der Waals surface area contributed by atoms with Crippen LogP contribution in [0.2, 0.25) is 0 Å². The first-order valence-electron chi connectivity index (χ1n) is 6.73. The number of halogens is 2. The van der Waals surface area contributed by atoms with Crippen molar-refractivity contribution in [3.8, 4) is 0 Å². The summed E-state index contributed by atoms with van der Waals surface area (Å²) < 4.78 is 23.3. The molecule has 1 N–H and O–H groups in total. The number of carbonyl (C=O) groups excluding carboxylic acids is 1. The fourth-order valence-electron chi connectivity index (χ4n) is 2.64. The topological polar surface area (TPSA) is 63.2 Å². The van der Waals surface area contributed by atoms with Crippen LogP contribution >= 0.6 is 26.6 Å². The Bertz CT molecular complexity index is 654. The first-order valence-corrected chi connectivity index (χ1v) is 9.83. The molecule has 1 aliphatic carbocycles. The Labute approximate surface area is 137 Å². The van der Waals surface area contributed by atoms with E-state index in [2.05, 4.69) is 28.2 Å². The molecule has 1 amide bonds. The predicted molar refractivity (Wildman–Crippen MR) is 86.1 cm³/mol. The van der Waals surface area contributed by atoms with Crippen molar-refractivity contribution >= 4 is 41.6 Å². The van der Waals surface area contributed by atoms with Crippen LogP contribution in [-0.2, 0) is 9.05 Å². The molecule has 116 valence electrons. The molecular weight excluding hydrogens is 378 g/mol. The van der Waals surface area contributed by atoms with Gasteiger partial charge in [-0.25, -0.2) is 8.42 Å². The molecule has 0 bridgehead atoms. The molecule has 1 saturated carbocycles. The van der Waals surface area contributed by atoms with Gasteiger partial charge in [-0.3, -0.25) is 4.79 Å². The lowest BCUT2D eigenvalue weighted by Gasteiger charge is -2.23. The number of amides is 1. The van der Waals surface area contributed by atoms with Crippen LogP contribution in [0.5, 0.6) is 0 Å². The standard InChI is InChI=1S/C14H17BrClNO3S/c1-14(4-2-3-5-14)9-17-13(18)10-6-11(15)8-12(7-10)21(16,19)20/h6-8H,2-5,9H2,1H3,(H,17,18). The van der Waals surface area contributed by atoms with Gasteiger partial charge >= 0.3 is 0 Å². The highest BCUT2D eigenvalue weighted by Crippen LogP contribution is 2.36. The van der Waals surface area contributed by atoms with Crippen LogP contribution in [-0.4, -0.2) is 20.9 Å². The summed E-state index contributed by atoms with van der Waals surface area (Å²) >= 11 is 3.20. The van der Waals surface area contributed by atoms with E-state index in [0.717, 1.165) is 12.8 Å². The fraction of sp³-hybridized carbons (Fsp3) is 0.500. The van der Waals surface area contributed by atoms with Crippen molar-refractivity contribution in [3.63, 3.8) is 0 Å². The average Bonchev–Trinajstić information content (AvgIpc) is 2.82. The molecule has 0 radical (unpaired) electrons. The normalized spacial score (nSPS) is 17.7. The lowest BCUT2D eigenvalue weighted by Crippen LogP contribution is -2.34. The van der Waals surface area contributed by atoms with E-state index in [4.69, 9.17) is 10.7 Å². The van der Waals surface area contributed by atoms with E-state index >= 15 is 0 Å². The summed E-state index contributed by atoms with van der Waals surface area (Å²) in [5, 5.41) is 2.89. The van der Waals surface area contributed by atoms with E-state index in [0.29, 0.717) is 11.0 Å². The van der Waals surface area contributed by atoms with Crippen LogP contribution in [0, 0.1) is 5.41 Å². The summed E-state index contributed by atoms with van der Waals surface area (Å²) in [5.41, 5.74) is 0.425. The molecule has 7 heteroatoms. The number of nitrogens with one attached hydrogen (secondary N) is 1. The Kier molecular flexibility index (Phi) is 5.00. The molecule has 1 aromatic rings. The van der Waals surface area contributed by atoms with Gasteiger partial charge in [0.2, 0.25) is 0 Å². The van der Waals surface area contributed by atoms with Gasteiger partial charge in [0.15, 0.2) is 0 Å². The molecule has 0 saturated heterocycles. The first-order chi connectivity index (χ1) is 9.70. The van der Waals surface area contributed by atoms with Gasteiger partial charge in [0.1, 0.15) is 0 Å². The zero-order chi connectivity index (χ0) is 15.7. The zero-order valence-corrected chi connectivity index (χ0v) is 14.8. The van der Waals surface area contributed by atoms with Crippen molar-refractivity contribution in [3.05, 3.63) is 28.2 Å². The lowest BCUT2D eigenvalue weighted by molar-refractivity contribution is 0.0934. The highest BCUT2D eigenvalue weighted by molar-refractivity contribution is 9.10. The Balaban J connectivity index is 2.14. The fourth-order valence-corrected chi connectivity index (χ4v) is 4.08. The van der Waals surface area contributed by atoms with Crippen molar-refractivity contribution in [2.24, 2.45) is 5.41 Å². The van der Waals surface area contributed by atoms with Gasteiger partial charge in [0, 0.05) is 27.3 Å². The average molecular weight is 395 g/mol. The van der Waals surface area contributed by atoms with Crippen molar-refractivity contribution < 1.29 is 13.2 Å². The van der Waals surface area contributed by atoms with Crippen molar-refractivity contribution in [1.82, 2.24) is 5.32 Å². The van der Waals surface area contributed by atoms with Crippen LogP contribution < -0.4 is 5.32 Å². The summed E-state index contributed by atoms with van der Waals surface area (Å²) in [6.45, 7) is 2.76. The Hall–Kier alpha value is -0.590. The number of rotatable bonds is 4. The minimum atomic E-state index is -3.86. The molecule has 1 fully saturated rings. The molecule has 0 atom stereocenters. The Morgan fingerprint density at radius 1 is 1.33 bits per heavy atom. The van der Waals surface area contributed by atoms with E-state index in [1.54, 1.807) is 6.07 Å². The van der Waals surface area contributed by atoms with Gasteiger partial charge in [-0.15, -0.1) is 0 Å². The second-order valence-electron chi connectivity index (χ2n) is 5.81. The maximum Gasteiger partial charge on any atom is 0.261 e. The van der Waals surface area contributed by atoms with Crippen LogP contribution in [0.1, 0.15) is 43.0 Å². The molecule has 0 aliphatic heterocycles. The number of carbonyl (C=O) groups is 1. The van der Waals surface area contributed by atoms with Crippen LogP contribution in [0.15, 0.2) is 27.6 Å². The molecule has 0 unspecified atom stereocenters. The van der Waals surface area contributed by atoms with E-state index in [1.165, 1.54) is 25.0 Å². The molecule has 21 heavy (non-hydrogen) atoms. The van der Waals surface area contributed by atoms with E-state index < -0.39 is 9.05 Å². The maximum absolute atomic E-state index is 12.2. The Morgan fingerprint density at radius 3 is 2.52 bits per heavy atom. The van der Waals surface area contributed by atoms with Crippen molar-refractivity contribution in [2.75, 3.05) is 6.54 Å². The van der Waals surface area contributed by atoms with E-state index in [-0.39, 0.29) is 21.8 Å². The van der Waals surface area contributed by atoms with Gasteiger partial charge < -0.3 is 5.32 Å². The molecule has 2 rings (SSSR count). The number of benzene rings is 1. The summed E-state index contributed by atoms with van der Waals surface area (Å²) in [4.78, 5) is 12.1. The molecule has 4 nitrogen and oxygen atoms in total. The summed E-state index contributed by atoms with van der Waals surface area (Å²) in [5.74, 6) is -0.286. The highest BCUT2D eigenvalue weighted by Gasteiger charge is 2.29. The third-order valence-corrected chi connectivity index (χ3v) is 5.69.